The molecule has 0 spiro atoms. The van der Waals surface area contributed by atoms with Gasteiger partial charge in [0.05, 0.1) is 32.5 Å². The molecule has 1 saturated heterocycles. The number of hydrogen-bond acceptors (Lipinski definition) is 2. The van der Waals surface area contributed by atoms with Gasteiger partial charge in [-0.3, -0.25) is 0 Å². The molecule has 0 bridgehead atoms. The zero-order chi connectivity index (χ0) is 11.2. The molecule has 0 N–H and O–H groups in total. The Bertz CT molecular complexity index is 379. The third-order valence-electron chi connectivity index (χ3n) is 2.47. The van der Waals surface area contributed by atoms with Crippen LogP contribution in [0.2, 0.25) is 0 Å². The number of rotatable bonds is 3. The van der Waals surface area contributed by atoms with Gasteiger partial charge in [0, 0.05) is 0 Å². The lowest BCUT2D eigenvalue weighted by Gasteiger charge is -2.03. The highest BCUT2D eigenvalue weighted by molar-refractivity contribution is 5.59. The zero-order valence-corrected chi connectivity index (χ0v) is 9.35. The van der Waals surface area contributed by atoms with E-state index in [1.54, 1.807) is 13.4 Å². The summed E-state index contributed by atoms with van der Waals surface area (Å²) in [6.07, 6.45) is 5.80. The SMILES string of the molecule is CO/C=C/[C]1COC/C1=C/c1ccccc1. The quantitative estimate of drug-likeness (QED) is 0.722. The third-order valence-corrected chi connectivity index (χ3v) is 2.47. The second-order valence-electron chi connectivity index (χ2n) is 3.64. The van der Waals surface area contributed by atoms with Crippen LogP contribution in [0.1, 0.15) is 5.56 Å². The number of methoxy groups -OCH3 is 1. The maximum absolute atomic E-state index is 5.43. The van der Waals surface area contributed by atoms with Crippen LogP contribution >= 0.6 is 0 Å². The maximum Gasteiger partial charge on any atom is 0.0794 e. The van der Waals surface area contributed by atoms with Crippen molar-refractivity contribution in [3.63, 3.8) is 0 Å². The van der Waals surface area contributed by atoms with Crippen molar-refractivity contribution in [2.45, 2.75) is 0 Å². The van der Waals surface area contributed by atoms with E-state index in [0.29, 0.717) is 13.2 Å². The van der Waals surface area contributed by atoms with Gasteiger partial charge in [-0.1, -0.05) is 36.4 Å². The van der Waals surface area contributed by atoms with Crippen LogP contribution in [0.15, 0.2) is 48.2 Å². The minimum Gasteiger partial charge on any atom is -0.505 e. The highest BCUT2D eigenvalue weighted by Gasteiger charge is 2.19. The van der Waals surface area contributed by atoms with Gasteiger partial charge in [0.25, 0.3) is 0 Å². The maximum atomic E-state index is 5.43. The van der Waals surface area contributed by atoms with Crippen molar-refractivity contribution in [1.29, 1.82) is 0 Å². The summed E-state index contributed by atoms with van der Waals surface area (Å²) in [5, 5.41) is 0. The molecule has 0 aromatic heterocycles. The highest BCUT2D eigenvalue weighted by Crippen LogP contribution is 2.25. The summed E-state index contributed by atoms with van der Waals surface area (Å²) in [4.78, 5) is 0. The smallest absolute Gasteiger partial charge is 0.0794 e. The first kappa shape index (κ1) is 11.0. The van der Waals surface area contributed by atoms with Crippen molar-refractivity contribution in [2.24, 2.45) is 0 Å². The predicted octanol–water partition coefficient (Wildman–Crippen LogP) is 2.83. The molecular formula is C14H15O2. The van der Waals surface area contributed by atoms with Crippen LogP contribution < -0.4 is 0 Å². The lowest BCUT2D eigenvalue weighted by atomic mass is 10.0. The molecule has 1 aliphatic rings. The van der Waals surface area contributed by atoms with Crippen LogP contribution in [0.4, 0.5) is 0 Å². The Hall–Kier alpha value is -1.54. The minimum absolute atomic E-state index is 0.665. The van der Waals surface area contributed by atoms with Gasteiger partial charge < -0.3 is 9.47 Å². The van der Waals surface area contributed by atoms with Gasteiger partial charge in [-0.2, -0.15) is 0 Å². The van der Waals surface area contributed by atoms with Crippen LogP contribution in [-0.4, -0.2) is 20.3 Å². The van der Waals surface area contributed by atoms with Crippen LogP contribution in [-0.2, 0) is 9.47 Å². The molecule has 2 nitrogen and oxygen atoms in total. The van der Waals surface area contributed by atoms with E-state index in [1.165, 1.54) is 17.1 Å². The molecule has 0 aliphatic carbocycles. The van der Waals surface area contributed by atoms with Gasteiger partial charge in [0.15, 0.2) is 0 Å². The van der Waals surface area contributed by atoms with E-state index in [9.17, 15) is 0 Å². The molecule has 1 heterocycles. The van der Waals surface area contributed by atoms with E-state index in [-0.39, 0.29) is 0 Å². The van der Waals surface area contributed by atoms with Crippen molar-refractivity contribution < 1.29 is 9.47 Å². The molecule has 0 amide bonds. The fourth-order valence-electron chi connectivity index (χ4n) is 1.65. The minimum atomic E-state index is 0.665. The molecule has 16 heavy (non-hydrogen) atoms. The summed E-state index contributed by atoms with van der Waals surface area (Å²) < 4.78 is 10.3. The molecule has 0 unspecified atom stereocenters. The Morgan fingerprint density at radius 1 is 1.19 bits per heavy atom. The van der Waals surface area contributed by atoms with E-state index < -0.39 is 0 Å². The fraction of sp³-hybridized carbons (Fsp3) is 0.214. The number of benzene rings is 1. The van der Waals surface area contributed by atoms with Gasteiger partial charge in [-0.15, -0.1) is 0 Å². The van der Waals surface area contributed by atoms with E-state index >= 15 is 0 Å². The molecule has 2 heteroatoms. The largest absolute Gasteiger partial charge is 0.505 e. The monoisotopic (exact) mass is 215 g/mol. The highest BCUT2D eigenvalue weighted by atomic mass is 16.5. The molecule has 1 radical (unpaired) electrons. The molecule has 83 valence electrons. The lowest BCUT2D eigenvalue weighted by Crippen LogP contribution is -1.94. The van der Waals surface area contributed by atoms with Gasteiger partial charge >= 0.3 is 0 Å². The van der Waals surface area contributed by atoms with Crippen molar-refractivity contribution in [1.82, 2.24) is 0 Å². The number of ether oxygens (including phenoxy) is 2. The molecule has 2 rings (SSSR count). The summed E-state index contributed by atoms with van der Waals surface area (Å²) >= 11 is 0. The molecule has 1 aliphatic heterocycles. The first-order valence-corrected chi connectivity index (χ1v) is 5.29. The Kier molecular flexibility index (Phi) is 3.78. The van der Waals surface area contributed by atoms with Crippen LogP contribution in [0.5, 0.6) is 0 Å². The third kappa shape index (κ3) is 2.74. The Labute approximate surface area is 96.2 Å². The Morgan fingerprint density at radius 2 is 2.00 bits per heavy atom. The molecule has 1 fully saturated rings. The standard InChI is InChI=1S/C14H15O2/c1-15-8-7-13-10-16-11-14(13)9-12-5-3-2-4-6-12/h2-9H,10-11H2,1H3/b8-7+,14-9-. The van der Waals surface area contributed by atoms with Gasteiger partial charge in [-0.05, 0) is 17.2 Å². The van der Waals surface area contributed by atoms with Crippen LogP contribution in [0.25, 0.3) is 6.08 Å². The second kappa shape index (κ2) is 5.52. The van der Waals surface area contributed by atoms with Gasteiger partial charge in [0.1, 0.15) is 0 Å². The summed E-state index contributed by atoms with van der Waals surface area (Å²) in [7, 11) is 1.65. The molecule has 1 aromatic rings. The second-order valence-corrected chi connectivity index (χ2v) is 3.64. The zero-order valence-electron chi connectivity index (χ0n) is 9.35. The van der Waals surface area contributed by atoms with Gasteiger partial charge in [0.2, 0.25) is 0 Å². The Morgan fingerprint density at radius 3 is 2.75 bits per heavy atom. The summed E-state index contributed by atoms with van der Waals surface area (Å²) in [6.45, 7) is 1.34. The Balaban J connectivity index is 2.13. The molecule has 0 saturated carbocycles. The van der Waals surface area contributed by atoms with Crippen molar-refractivity contribution >= 4 is 6.08 Å². The van der Waals surface area contributed by atoms with E-state index in [2.05, 4.69) is 18.2 Å². The first-order valence-electron chi connectivity index (χ1n) is 5.29. The van der Waals surface area contributed by atoms with E-state index in [0.717, 1.165) is 0 Å². The van der Waals surface area contributed by atoms with Crippen molar-refractivity contribution in [2.75, 3.05) is 20.3 Å². The summed E-state index contributed by atoms with van der Waals surface area (Å²) in [6, 6.07) is 10.3. The van der Waals surface area contributed by atoms with Crippen molar-refractivity contribution in [3.8, 4) is 0 Å². The predicted molar refractivity (Wildman–Crippen MR) is 64.6 cm³/mol. The summed E-state index contributed by atoms with van der Waals surface area (Å²) in [5.41, 5.74) is 2.42. The fourth-order valence-corrected chi connectivity index (χ4v) is 1.65. The average molecular weight is 215 g/mol. The first-order chi connectivity index (χ1) is 7.90. The molecule has 1 aromatic carbocycles. The van der Waals surface area contributed by atoms with E-state index in [4.69, 9.17) is 9.47 Å². The number of hydrogen-bond donors (Lipinski definition) is 0. The van der Waals surface area contributed by atoms with E-state index in [1.807, 2.05) is 24.3 Å². The average Bonchev–Trinajstić information content (AvgIpc) is 2.75. The van der Waals surface area contributed by atoms with Crippen LogP contribution in [0.3, 0.4) is 0 Å². The molecule has 0 atom stereocenters. The van der Waals surface area contributed by atoms with Gasteiger partial charge in [-0.25, -0.2) is 0 Å². The normalized spacial score (nSPS) is 19.7. The topological polar surface area (TPSA) is 18.5 Å². The van der Waals surface area contributed by atoms with Crippen LogP contribution in [0, 0.1) is 5.92 Å². The lowest BCUT2D eigenvalue weighted by molar-refractivity contribution is 0.211. The molecular weight excluding hydrogens is 200 g/mol. The summed E-state index contributed by atoms with van der Waals surface area (Å²) in [5.74, 6) is 1.19. The van der Waals surface area contributed by atoms with Crippen molar-refractivity contribution in [3.05, 3.63) is 59.7 Å².